The molecule has 0 aliphatic carbocycles. The predicted octanol–water partition coefficient (Wildman–Crippen LogP) is 4.36. The number of rotatable bonds is 5. The molecule has 0 saturated carbocycles. The number of carbonyl (C=O) groups excluding carboxylic acids is 1. The summed E-state index contributed by atoms with van der Waals surface area (Å²) in [5, 5.41) is 2.83. The van der Waals surface area contributed by atoms with Crippen molar-refractivity contribution in [2.45, 2.75) is 25.7 Å². The minimum atomic E-state index is -0.687. The van der Waals surface area contributed by atoms with E-state index < -0.39 is 17.0 Å². The van der Waals surface area contributed by atoms with E-state index in [1.807, 2.05) is 38.1 Å². The summed E-state index contributed by atoms with van der Waals surface area (Å²) >= 11 is 3.37. The second kappa shape index (κ2) is 7.21. The van der Waals surface area contributed by atoms with Gasteiger partial charge in [-0.15, -0.1) is 0 Å². The number of hydrogen-bond donors (Lipinski definition) is 1. The summed E-state index contributed by atoms with van der Waals surface area (Å²) < 4.78 is 27.2. The van der Waals surface area contributed by atoms with E-state index in [1.54, 1.807) is 0 Å². The third-order valence-electron chi connectivity index (χ3n) is 3.76. The molecule has 122 valence electrons. The Morgan fingerprint density at radius 3 is 2.22 bits per heavy atom. The van der Waals surface area contributed by atoms with Gasteiger partial charge in [-0.2, -0.15) is 0 Å². The second-order valence-electron chi connectivity index (χ2n) is 5.92. The molecule has 0 radical (unpaired) electrons. The van der Waals surface area contributed by atoms with Crippen LogP contribution in [-0.2, 0) is 16.6 Å². The fourth-order valence-corrected chi connectivity index (χ4v) is 2.56. The molecular weight excluding hydrogens is 364 g/mol. The first-order valence-electron chi connectivity index (χ1n) is 7.28. The fourth-order valence-electron chi connectivity index (χ4n) is 2.29. The SMILES string of the molecule is CC(C)(C(=O)NCCc1cc(F)cc(F)c1)c1ccc(Br)cc1. The molecule has 0 aromatic heterocycles. The predicted molar refractivity (Wildman–Crippen MR) is 90.2 cm³/mol. The first-order valence-corrected chi connectivity index (χ1v) is 8.07. The van der Waals surface area contributed by atoms with Gasteiger partial charge in [0.05, 0.1) is 5.41 Å². The first kappa shape index (κ1) is 17.6. The molecule has 23 heavy (non-hydrogen) atoms. The summed E-state index contributed by atoms with van der Waals surface area (Å²) in [5.74, 6) is -1.35. The molecule has 0 aliphatic rings. The lowest BCUT2D eigenvalue weighted by molar-refractivity contribution is -0.125. The number of carbonyl (C=O) groups is 1. The summed E-state index contributed by atoms with van der Waals surface area (Å²) in [5.41, 5.74) is 0.729. The lowest BCUT2D eigenvalue weighted by Crippen LogP contribution is -2.40. The smallest absolute Gasteiger partial charge is 0.230 e. The van der Waals surface area contributed by atoms with Crippen LogP contribution < -0.4 is 5.32 Å². The Morgan fingerprint density at radius 1 is 1.09 bits per heavy atom. The number of benzene rings is 2. The van der Waals surface area contributed by atoms with Gasteiger partial charge in [0.25, 0.3) is 0 Å². The Balaban J connectivity index is 1.97. The van der Waals surface area contributed by atoms with Gasteiger partial charge in [0.2, 0.25) is 5.91 Å². The third kappa shape index (κ3) is 4.61. The van der Waals surface area contributed by atoms with Crippen molar-refractivity contribution in [3.05, 3.63) is 69.7 Å². The van der Waals surface area contributed by atoms with Crippen molar-refractivity contribution in [2.24, 2.45) is 0 Å². The van der Waals surface area contributed by atoms with Crippen LogP contribution in [0.15, 0.2) is 46.9 Å². The van der Waals surface area contributed by atoms with Crippen molar-refractivity contribution in [3.8, 4) is 0 Å². The van der Waals surface area contributed by atoms with E-state index >= 15 is 0 Å². The second-order valence-corrected chi connectivity index (χ2v) is 6.83. The molecule has 0 bridgehead atoms. The van der Waals surface area contributed by atoms with Crippen LogP contribution in [-0.4, -0.2) is 12.5 Å². The number of nitrogens with one attached hydrogen (secondary N) is 1. The van der Waals surface area contributed by atoms with Crippen molar-refractivity contribution in [3.63, 3.8) is 0 Å². The summed E-state index contributed by atoms with van der Waals surface area (Å²) in [6.45, 7) is 4.00. The molecule has 0 heterocycles. The van der Waals surface area contributed by atoms with Gasteiger partial charge in [0.15, 0.2) is 0 Å². The van der Waals surface area contributed by atoms with E-state index in [2.05, 4.69) is 21.2 Å². The Morgan fingerprint density at radius 2 is 1.65 bits per heavy atom. The molecule has 2 nitrogen and oxygen atoms in total. The van der Waals surface area contributed by atoms with Crippen LogP contribution in [0.4, 0.5) is 8.78 Å². The first-order chi connectivity index (χ1) is 10.8. The van der Waals surface area contributed by atoms with Crippen LogP contribution >= 0.6 is 15.9 Å². The summed E-state index contributed by atoms with van der Waals surface area (Å²) in [4.78, 5) is 12.4. The molecule has 1 amide bonds. The number of hydrogen-bond acceptors (Lipinski definition) is 1. The summed E-state index contributed by atoms with van der Waals surface area (Å²) in [6, 6.07) is 10.9. The largest absolute Gasteiger partial charge is 0.355 e. The highest BCUT2D eigenvalue weighted by molar-refractivity contribution is 9.10. The van der Waals surface area contributed by atoms with E-state index in [0.717, 1.165) is 16.1 Å². The van der Waals surface area contributed by atoms with Gasteiger partial charge in [-0.05, 0) is 55.7 Å². The van der Waals surface area contributed by atoms with Crippen LogP contribution in [0.25, 0.3) is 0 Å². The molecule has 0 aliphatic heterocycles. The van der Waals surface area contributed by atoms with E-state index in [1.165, 1.54) is 12.1 Å². The zero-order valence-corrected chi connectivity index (χ0v) is 14.6. The van der Waals surface area contributed by atoms with Crippen LogP contribution in [0.5, 0.6) is 0 Å². The minimum Gasteiger partial charge on any atom is -0.355 e. The lowest BCUT2D eigenvalue weighted by Gasteiger charge is -2.24. The van der Waals surface area contributed by atoms with Crippen molar-refractivity contribution >= 4 is 21.8 Å². The standard InChI is InChI=1S/C18H18BrF2NO/c1-18(2,13-3-5-14(19)6-4-13)17(23)22-8-7-12-9-15(20)11-16(21)10-12/h3-6,9-11H,7-8H2,1-2H3,(H,22,23). The topological polar surface area (TPSA) is 29.1 Å². The van der Waals surface area contributed by atoms with Crippen LogP contribution in [0.2, 0.25) is 0 Å². The number of amides is 1. The summed E-state index contributed by atoms with van der Waals surface area (Å²) in [7, 11) is 0. The lowest BCUT2D eigenvalue weighted by atomic mass is 9.84. The Bertz CT molecular complexity index is 678. The maximum Gasteiger partial charge on any atom is 0.230 e. The van der Waals surface area contributed by atoms with Gasteiger partial charge >= 0.3 is 0 Å². The van der Waals surface area contributed by atoms with E-state index in [0.29, 0.717) is 18.5 Å². The maximum absolute atomic E-state index is 13.1. The zero-order valence-electron chi connectivity index (χ0n) is 13.0. The monoisotopic (exact) mass is 381 g/mol. The zero-order chi connectivity index (χ0) is 17.0. The van der Waals surface area contributed by atoms with Gasteiger partial charge in [-0.1, -0.05) is 28.1 Å². The van der Waals surface area contributed by atoms with Gasteiger partial charge in [-0.25, -0.2) is 8.78 Å². The van der Waals surface area contributed by atoms with Crippen LogP contribution in [0.1, 0.15) is 25.0 Å². The normalized spacial score (nSPS) is 11.3. The van der Waals surface area contributed by atoms with Crippen LogP contribution in [0.3, 0.4) is 0 Å². The highest BCUT2D eigenvalue weighted by atomic mass is 79.9. The fraction of sp³-hybridized carbons (Fsp3) is 0.278. The average Bonchev–Trinajstić information content (AvgIpc) is 2.46. The van der Waals surface area contributed by atoms with Gasteiger partial charge in [-0.3, -0.25) is 4.79 Å². The van der Waals surface area contributed by atoms with Crippen molar-refractivity contribution in [2.75, 3.05) is 6.54 Å². The van der Waals surface area contributed by atoms with E-state index in [-0.39, 0.29) is 5.91 Å². The van der Waals surface area contributed by atoms with Gasteiger partial charge in [0.1, 0.15) is 11.6 Å². The molecule has 2 aromatic rings. The molecule has 2 aromatic carbocycles. The van der Waals surface area contributed by atoms with Crippen molar-refractivity contribution in [1.29, 1.82) is 0 Å². The highest BCUT2D eigenvalue weighted by Gasteiger charge is 2.29. The molecule has 0 unspecified atom stereocenters. The molecule has 0 spiro atoms. The molecule has 1 N–H and O–H groups in total. The molecule has 0 atom stereocenters. The molecule has 2 rings (SSSR count). The number of halogens is 3. The van der Waals surface area contributed by atoms with Crippen molar-refractivity contribution in [1.82, 2.24) is 5.32 Å². The minimum absolute atomic E-state index is 0.128. The van der Waals surface area contributed by atoms with Gasteiger partial charge < -0.3 is 5.32 Å². The maximum atomic E-state index is 13.1. The molecule has 0 fully saturated rings. The highest BCUT2D eigenvalue weighted by Crippen LogP contribution is 2.25. The Hall–Kier alpha value is -1.75. The van der Waals surface area contributed by atoms with E-state index in [4.69, 9.17) is 0 Å². The third-order valence-corrected chi connectivity index (χ3v) is 4.28. The Labute approximate surface area is 143 Å². The quantitative estimate of drug-likeness (QED) is 0.818. The molecule has 0 saturated heterocycles. The summed E-state index contributed by atoms with van der Waals surface area (Å²) in [6.07, 6.45) is 0.372. The molecule has 5 heteroatoms. The van der Waals surface area contributed by atoms with Gasteiger partial charge in [0, 0.05) is 17.1 Å². The van der Waals surface area contributed by atoms with E-state index in [9.17, 15) is 13.6 Å². The van der Waals surface area contributed by atoms with Crippen LogP contribution in [0, 0.1) is 11.6 Å². The molecular formula is C18H18BrF2NO. The van der Waals surface area contributed by atoms with Crippen molar-refractivity contribution < 1.29 is 13.6 Å². The Kier molecular flexibility index (Phi) is 5.52. The average molecular weight is 382 g/mol.